The second-order valence-corrected chi connectivity index (χ2v) is 7.43. The molecule has 9 heteroatoms. The summed E-state index contributed by atoms with van der Waals surface area (Å²) in [7, 11) is 0. The summed E-state index contributed by atoms with van der Waals surface area (Å²) in [6.07, 6.45) is 2.30. The van der Waals surface area contributed by atoms with Gasteiger partial charge in [-0.2, -0.15) is 0 Å². The van der Waals surface area contributed by atoms with E-state index in [1.165, 1.54) is 12.1 Å². The maximum atomic E-state index is 13.0. The quantitative estimate of drug-likeness (QED) is 0.140. The number of esters is 4. The van der Waals surface area contributed by atoms with E-state index in [4.69, 9.17) is 18.9 Å². The molecule has 0 atom stereocenters. The fourth-order valence-electron chi connectivity index (χ4n) is 3.50. The number of phenolic OH excluding ortho intramolecular Hbond substituents is 1. The number of fused-ring (bicyclic) bond motifs is 3. The Morgan fingerprint density at radius 1 is 0.694 bits per heavy atom. The van der Waals surface area contributed by atoms with E-state index in [9.17, 15) is 24.3 Å². The summed E-state index contributed by atoms with van der Waals surface area (Å²) in [4.78, 5) is 48.1. The van der Waals surface area contributed by atoms with Crippen LogP contribution in [0.4, 0.5) is 0 Å². The van der Waals surface area contributed by atoms with E-state index in [0.717, 1.165) is 12.2 Å². The summed E-state index contributed by atoms with van der Waals surface area (Å²) in [5.74, 6) is -2.77. The van der Waals surface area contributed by atoms with E-state index in [1.807, 2.05) is 0 Å². The van der Waals surface area contributed by atoms with Crippen LogP contribution in [-0.4, -0.2) is 55.4 Å². The minimum atomic E-state index is -0.724. The molecule has 0 unspecified atom stereocenters. The van der Waals surface area contributed by atoms with Crippen molar-refractivity contribution in [3.8, 4) is 5.75 Å². The van der Waals surface area contributed by atoms with Gasteiger partial charge in [0.15, 0.2) is 0 Å². The number of ether oxygens (including phenoxy) is 4. The van der Waals surface area contributed by atoms with Crippen LogP contribution < -0.4 is 0 Å². The summed E-state index contributed by atoms with van der Waals surface area (Å²) in [5, 5.41) is 12.2. The van der Waals surface area contributed by atoms with Gasteiger partial charge in [-0.05, 0) is 29.0 Å². The molecule has 0 bridgehead atoms. The normalized spacial score (nSPS) is 10.4. The topological polar surface area (TPSA) is 125 Å². The zero-order valence-corrected chi connectivity index (χ0v) is 19.4. The second kappa shape index (κ2) is 12.2. The maximum Gasteiger partial charge on any atom is 0.338 e. The van der Waals surface area contributed by atoms with E-state index in [0.29, 0.717) is 21.5 Å². The lowest BCUT2D eigenvalue weighted by Gasteiger charge is -2.14. The lowest BCUT2D eigenvalue weighted by atomic mass is 9.94. The van der Waals surface area contributed by atoms with Gasteiger partial charge >= 0.3 is 23.9 Å². The molecule has 0 saturated carbocycles. The van der Waals surface area contributed by atoms with Crippen LogP contribution in [0.5, 0.6) is 5.75 Å². The molecule has 1 N–H and O–H groups in total. The Labute approximate surface area is 206 Å². The van der Waals surface area contributed by atoms with Crippen LogP contribution in [0, 0.1) is 0 Å². The summed E-state index contributed by atoms with van der Waals surface area (Å²) in [5.41, 5.74) is 0.239. The molecule has 0 saturated heterocycles. The van der Waals surface area contributed by atoms with Crippen LogP contribution in [-0.2, 0) is 28.5 Å². The van der Waals surface area contributed by atoms with Crippen molar-refractivity contribution in [2.24, 2.45) is 0 Å². The van der Waals surface area contributed by atoms with Crippen LogP contribution >= 0.6 is 0 Å². The molecule has 3 rings (SSSR count). The number of hydrogen-bond donors (Lipinski definition) is 1. The van der Waals surface area contributed by atoms with Crippen molar-refractivity contribution < 1.29 is 43.2 Å². The lowest BCUT2D eigenvalue weighted by Crippen LogP contribution is -2.13. The Morgan fingerprint density at radius 2 is 1.25 bits per heavy atom. The standard InChI is InChI=1S/C27H24O9/c1-3-22(29)33-11-6-12-35-27(32)21-16-19(28)15-18-10-9-17-7-5-8-20(24(17)25(18)21)26(31)36-14-13-34-23(30)4-2/h3-5,7-10,15-16,28H,1-2,6,11-14H2. The first kappa shape index (κ1) is 26.0. The summed E-state index contributed by atoms with van der Waals surface area (Å²) in [6, 6.07) is 11.2. The zero-order valence-electron chi connectivity index (χ0n) is 19.4. The van der Waals surface area contributed by atoms with Gasteiger partial charge in [0.1, 0.15) is 19.0 Å². The fourth-order valence-corrected chi connectivity index (χ4v) is 3.50. The van der Waals surface area contributed by atoms with Crippen molar-refractivity contribution in [1.29, 1.82) is 0 Å². The van der Waals surface area contributed by atoms with E-state index >= 15 is 0 Å². The Bertz CT molecular complexity index is 1340. The van der Waals surface area contributed by atoms with Gasteiger partial charge < -0.3 is 24.1 Å². The van der Waals surface area contributed by atoms with Crippen LogP contribution in [0.15, 0.2) is 67.8 Å². The van der Waals surface area contributed by atoms with Crippen LogP contribution in [0.1, 0.15) is 27.1 Å². The summed E-state index contributed by atoms with van der Waals surface area (Å²) in [6.45, 7) is 6.28. The van der Waals surface area contributed by atoms with Gasteiger partial charge in [-0.15, -0.1) is 0 Å². The number of carbonyl (C=O) groups excluding carboxylic acids is 4. The van der Waals surface area contributed by atoms with Crippen LogP contribution in [0.25, 0.3) is 21.5 Å². The Hall–Kier alpha value is -4.66. The van der Waals surface area contributed by atoms with Gasteiger partial charge in [-0.25, -0.2) is 19.2 Å². The average molecular weight is 492 g/mol. The molecule has 0 aromatic heterocycles. The molecule has 0 heterocycles. The highest BCUT2D eigenvalue weighted by molar-refractivity contribution is 6.22. The third-order valence-electron chi connectivity index (χ3n) is 5.04. The van der Waals surface area contributed by atoms with Gasteiger partial charge in [0.2, 0.25) is 0 Å². The summed E-state index contributed by atoms with van der Waals surface area (Å²) < 4.78 is 20.3. The average Bonchev–Trinajstić information content (AvgIpc) is 2.89. The van der Waals surface area contributed by atoms with Crippen LogP contribution in [0.2, 0.25) is 0 Å². The van der Waals surface area contributed by atoms with Crippen molar-refractivity contribution in [1.82, 2.24) is 0 Å². The second-order valence-electron chi connectivity index (χ2n) is 7.43. The Morgan fingerprint density at radius 3 is 1.97 bits per heavy atom. The first-order valence-electron chi connectivity index (χ1n) is 11.0. The van der Waals surface area contributed by atoms with E-state index in [2.05, 4.69) is 13.2 Å². The summed E-state index contributed by atoms with van der Waals surface area (Å²) >= 11 is 0. The van der Waals surface area contributed by atoms with Crippen molar-refractivity contribution >= 4 is 45.4 Å². The number of benzene rings is 3. The van der Waals surface area contributed by atoms with Gasteiger partial charge in [0.25, 0.3) is 0 Å². The lowest BCUT2D eigenvalue weighted by molar-refractivity contribution is -0.139. The molecule has 36 heavy (non-hydrogen) atoms. The molecule has 0 aliphatic rings. The largest absolute Gasteiger partial charge is 0.508 e. The zero-order chi connectivity index (χ0) is 26.1. The van der Waals surface area contributed by atoms with E-state index in [-0.39, 0.29) is 49.7 Å². The van der Waals surface area contributed by atoms with Gasteiger partial charge in [-0.3, -0.25) is 0 Å². The first-order chi connectivity index (χ1) is 17.3. The number of carbonyl (C=O) groups is 4. The maximum absolute atomic E-state index is 13.0. The number of phenols is 1. The smallest absolute Gasteiger partial charge is 0.338 e. The molecule has 3 aromatic carbocycles. The van der Waals surface area contributed by atoms with Crippen molar-refractivity contribution in [2.75, 3.05) is 26.4 Å². The molecular weight excluding hydrogens is 468 g/mol. The minimum absolute atomic E-state index is 0.0382. The fraction of sp³-hybridized carbons (Fsp3) is 0.185. The Balaban J connectivity index is 1.91. The van der Waals surface area contributed by atoms with Gasteiger partial charge in [0.05, 0.1) is 24.3 Å². The van der Waals surface area contributed by atoms with Crippen molar-refractivity contribution in [3.05, 3.63) is 78.9 Å². The molecule has 0 aliphatic carbocycles. The van der Waals surface area contributed by atoms with Gasteiger partial charge in [-0.1, -0.05) is 37.4 Å². The third-order valence-corrected chi connectivity index (χ3v) is 5.04. The minimum Gasteiger partial charge on any atom is -0.508 e. The Kier molecular flexibility index (Phi) is 8.77. The molecule has 9 nitrogen and oxygen atoms in total. The molecule has 0 radical (unpaired) electrons. The molecule has 0 fully saturated rings. The predicted molar refractivity (Wildman–Crippen MR) is 131 cm³/mol. The van der Waals surface area contributed by atoms with Crippen LogP contribution in [0.3, 0.4) is 0 Å². The molecule has 186 valence electrons. The molecule has 0 aliphatic heterocycles. The SMILES string of the molecule is C=CC(=O)OCCCOC(=O)c1cc(O)cc2ccc3cccc(C(=O)OCCOC(=O)C=C)c3c12. The van der Waals surface area contributed by atoms with E-state index < -0.39 is 23.9 Å². The first-order valence-corrected chi connectivity index (χ1v) is 11.0. The molecule has 3 aromatic rings. The number of hydrogen-bond acceptors (Lipinski definition) is 9. The van der Waals surface area contributed by atoms with Crippen molar-refractivity contribution in [2.45, 2.75) is 6.42 Å². The number of aromatic hydroxyl groups is 1. The molecular formula is C27H24O9. The van der Waals surface area contributed by atoms with Gasteiger partial charge in [0, 0.05) is 29.3 Å². The molecule has 0 amide bonds. The van der Waals surface area contributed by atoms with E-state index in [1.54, 1.807) is 30.3 Å². The highest BCUT2D eigenvalue weighted by atomic mass is 16.6. The highest BCUT2D eigenvalue weighted by Gasteiger charge is 2.20. The number of rotatable bonds is 11. The predicted octanol–water partition coefficient (Wildman–Crippen LogP) is 3.86. The molecule has 0 spiro atoms. The third kappa shape index (κ3) is 6.26. The highest BCUT2D eigenvalue weighted by Crippen LogP contribution is 2.34. The monoisotopic (exact) mass is 492 g/mol. The van der Waals surface area contributed by atoms with Crippen molar-refractivity contribution in [3.63, 3.8) is 0 Å².